The van der Waals surface area contributed by atoms with Crippen LogP contribution in [0.2, 0.25) is 0 Å². The maximum Gasteiger partial charge on any atom is 0.411 e. The number of nitrogens with one attached hydrogen (secondary N) is 1. The van der Waals surface area contributed by atoms with Gasteiger partial charge in [-0.1, -0.05) is 35.0 Å². The SMILES string of the molecule is Cc1ccc(-c2cnc(C3CCCCN3C(=O)[C@@H]3CC(n4cc(-c5cc(F)c(F)cc5F)nn4)CN3C(=O)OC(C)(C)C)[nH]2)cc1. The number of nitrogens with zero attached hydrogens (tertiary/aromatic N) is 6. The van der Waals surface area contributed by atoms with E-state index in [-0.39, 0.29) is 36.2 Å². The molecule has 242 valence electrons. The van der Waals surface area contributed by atoms with E-state index in [1.165, 1.54) is 15.8 Å². The van der Waals surface area contributed by atoms with Crippen LogP contribution in [-0.2, 0) is 9.53 Å². The monoisotopic (exact) mass is 635 g/mol. The molecule has 0 bridgehead atoms. The minimum atomic E-state index is -1.31. The number of aromatic nitrogens is 5. The molecule has 2 aliphatic heterocycles. The third-order valence-electron chi connectivity index (χ3n) is 8.42. The second kappa shape index (κ2) is 12.3. The molecule has 46 heavy (non-hydrogen) atoms. The highest BCUT2D eigenvalue weighted by atomic mass is 19.2. The molecule has 2 amide bonds. The van der Waals surface area contributed by atoms with Gasteiger partial charge in [0.1, 0.15) is 29.0 Å². The van der Waals surface area contributed by atoms with Gasteiger partial charge in [0, 0.05) is 31.1 Å². The molecule has 10 nitrogen and oxygen atoms in total. The van der Waals surface area contributed by atoms with E-state index in [1.54, 1.807) is 31.9 Å². The second-order valence-electron chi connectivity index (χ2n) is 13.0. The van der Waals surface area contributed by atoms with Gasteiger partial charge < -0.3 is 14.6 Å². The number of rotatable bonds is 5. The predicted molar refractivity (Wildman–Crippen MR) is 163 cm³/mol. The second-order valence-corrected chi connectivity index (χ2v) is 13.0. The van der Waals surface area contributed by atoms with Gasteiger partial charge in [-0.3, -0.25) is 9.69 Å². The Morgan fingerprint density at radius 3 is 2.48 bits per heavy atom. The summed E-state index contributed by atoms with van der Waals surface area (Å²) in [5.74, 6) is -3.07. The van der Waals surface area contributed by atoms with E-state index in [2.05, 4.69) is 20.3 Å². The Balaban J connectivity index is 1.27. The van der Waals surface area contributed by atoms with Crippen LogP contribution in [0.15, 0.2) is 48.8 Å². The molecule has 1 N–H and O–H groups in total. The third-order valence-corrected chi connectivity index (χ3v) is 8.42. The van der Waals surface area contributed by atoms with Crippen molar-refractivity contribution in [3.63, 3.8) is 0 Å². The minimum absolute atomic E-state index is 0.00621. The van der Waals surface area contributed by atoms with Crippen LogP contribution in [0, 0.1) is 24.4 Å². The van der Waals surface area contributed by atoms with Crippen molar-refractivity contribution in [1.29, 1.82) is 0 Å². The number of likely N-dealkylation sites (tertiary alicyclic amines) is 2. The highest BCUT2D eigenvalue weighted by Crippen LogP contribution is 2.36. The van der Waals surface area contributed by atoms with E-state index >= 15 is 0 Å². The Morgan fingerprint density at radius 2 is 1.74 bits per heavy atom. The molecular formula is C33H36F3N7O3. The van der Waals surface area contributed by atoms with Crippen LogP contribution >= 0.6 is 0 Å². The number of aryl methyl sites for hydroxylation is 1. The molecule has 0 spiro atoms. The molecule has 2 aromatic carbocycles. The van der Waals surface area contributed by atoms with Gasteiger partial charge in [0.05, 0.1) is 30.2 Å². The quantitative estimate of drug-likeness (QED) is 0.256. The van der Waals surface area contributed by atoms with Crippen LogP contribution in [0.1, 0.15) is 69.9 Å². The number of amides is 2. The van der Waals surface area contributed by atoms with Crippen LogP contribution in [0.4, 0.5) is 18.0 Å². The van der Waals surface area contributed by atoms with Crippen LogP contribution in [-0.4, -0.2) is 71.5 Å². The summed E-state index contributed by atoms with van der Waals surface area (Å²) in [7, 11) is 0. The Labute approximate surface area is 264 Å². The topological polar surface area (TPSA) is 109 Å². The van der Waals surface area contributed by atoms with Gasteiger partial charge in [0.25, 0.3) is 0 Å². The van der Waals surface area contributed by atoms with Crippen molar-refractivity contribution in [2.45, 2.75) is 77.1 Å². The highest BCUT2D eigenvalue weighted by Gasteiger charge is 2.46. The molecule has 0 radical (unpaired) electrons. The van der Waals surface area contributed by atoms with E-state index in [1.807, 2.05) is 31.2 Å². The molecule has 0 aliphatic carbocycles. The summed E-state index contributed by atoms with van der Waals surface area (Å²) in [6.07, 6.45) is 5.16. The van der Waals surface area contributed by atoms with Gasteiger partial charge in [-0.05, 0) is 58.6 Å². The summed E-state index contributed by atoms with van der Waals surface area (Å²) >= 11 is 0. The zero-order valence-electron chi connectivity index (χ0n) is 26.1. The summed E-state index contributed by atoms with van der Waals surface area (Å²) < 4.78 is 49.0. The molecule has 0 saturated carbocycles. The molecule has 4 aromatic rings. The van der Waals surface area contributed by atoms with Gasteiger partial charge in [-0.2, -0.15) is 0 Å². The van der Waals surface area contributed by atoms with Gasteiger partial charge >= 0.3 is 6.09 Å². The fraction of sp³-hybridized carbons (Fsp3) is 0.424. The van der Waals surface area contributed by atoms with E-state index < -0.39 is 41.2 Å². The lowest BCUT2D eigenvalue weighted by molar-refractivity contribution is -0.140. The number of H-pyrrole nitrogens is 1. The summed E-state index contributed by atoms with van der Waals surface area (Å²) in [4.78, 5) is 39.1. The zero-order chi connectivity index (χ0) is 32.7. The number of aromatic amines is 1. The fourth-order valence-electron chi connectivity index (χ4n) is 6.12. The molecule has 2 aromatic heterocycles. The molecule has 2 aliphatic rings. The summed E-state index contributed by atoms with van der Waals surface area (Å²) in [6, 6.07) is 7.57. The number of benzene rings is 2. The highest BCUT2D eigenvalue weighted by molar-refractivity contribution is 5.87. The van der Waals surface area contributed by atoms with Crippen LogP contribution < -0.4 is 0 Å². The first kappa shape index (κ1) is 31.3. The Kier molecular flexibility index (Phi) is 8.34. The molecule has 13 heteroatoms. The lowest BCUT2D eigenvalue weighted by Gasteiger charge is -2.38. The van der Waals surface area contributed by atoms with Crippen molar-refractivity contribution in [2.24, 2.45) is 0 Å². The zero-order valence-corrected chi connectivity index (χ0v) is 26.1. The number of carbonyl (C=O) groups excluding carboxylic acids is 2. The number of carbonyl (C=O) groups is 2. The van der Waals surface area contributed by atoms with E-state index in [0.29, 0.717) is 24.9 Å². The van der Waals surface area contributed by atoms with E-state index in [0.717, 1.165) is 35.7 Å². The van der Waals surface area contributed by atoms with Gasteiger partial charge in [-0.25, -0.2) is 27.6 Å². The maximum atomic E-state index is 14.5. The average molecular weight is 636 g/mol. The fourth-order valence-corrected chi connectivity index (χ4v) is 6.12. The summed E-state index contributed by atoms with van der Waals surface area (Å²) in [5.41, 5.74) is 1.93. The van der Waals surface area contributed by atoms with Crippen molar-refractivity contribution in [3.8, 4) is 22.5 Å². The maximum absolute atomic E-state index is 14.5. The summed E-state index contributed by atoms with van der Waals surface area (Å²) in [6.45, 7) is 7.84. The van der Waals surface area contributed by atoms with Gasteiger partial charge in [-0.15, -0.1) is 5.10 Å². The number of imidazole rings is 1. The number of ether oxygens (including phenoxy) is 1. The standard InChI is InChI=1S/C33H36F3N7O3/c1-19-8-10-20(11-9-19)26-16-37-30(38-26)28-7-5-6-12-41(28)31(44)29-13-21(17-42(29)32(45)46-33(2,3)4)43-18-27(39-40-43)22-14-24(35)25(36)15-23(22)34/h8-11,14-16,18,21,28-29H,5-7,12-13,17H2,1-4H3,(H,37,38)/t21?,28?,29-/m0/s1. The lowest BCUT2D eigenvalue weighted by Crippen LogP contribution is -2.51. The van der Waals surface area contributed by atoms with Crippen molar-refractivity contribution < 1.29 is 27.5 Å². The van der Waals surface area contributed by atoms with Crippen molar-refractivity contribution in [3.05, 3.63) is 77.6 Å². The van der Waals surface area contributed by atoms with Gasteiger partial charge in [0.15, 0.2) is 11.6 Å². The number of hydrogen-bond donors (Lipinski definition) is 1. The van der Waals surface area contributed by atoms with E-state index in [4.69, 9.17) is 4.74 Å². The molecular weight excluding hydrogens is 599 g/mol. The Morgan fingerprint density at radius 1 is 1.00 bits per heavy atom. The first-order chi connectivity index (χ1) is 21.9. The van der Waals surface area contributed by atoms with Crippen molar-refractivity contribution >= 4 is 12.0 Å². The molecule has 2 fully saturated rings. The molecule has 4 heterocycles. The molecule has 2 saturated heterocycles. The van der Waals surface area contributed by atoms with Crippen molar-refractivity contribution in [2.75, 3.05) is 13.1 Å². The molecule has 3 atom stereocenters. The average Bonchev–Trinajstić information content (AvgIpc) is 3.78. The Bertz CT molecular complexity index is 1750. The molecule has 2 unspecified atom stereocenters. The first-order valence-corrected chi connectivity index (χ1v) is 15.4. The van der Waals surface area contributed by atoms with Gasteiger partial charge in [0.2, 0.25) is 5.91 Å². The molecule has 6 rings (SSSR count). The van der Waals surface area contributed by atoms with Crippen LogP contribution in [0.25, 0.3) is 22.5 Å². The number of halogens is 3. The first-order valence-electron chi connectivity index (χ1n) is 15.4. The van der Waals surface area contributed by atoms with Crippen molar-refractivity contribution in [1.82, 2.24) is 34.8 Å². The largest absolute Gasteiger partial charge is 0.444 e. The smallest absolute Gasteiger partial charge is 0.411 e. The lowest BCUT2D eigenvalue weighted by atomic mass is 9.99. The number of hydrogen-bond acceptors (Lipinski definition) is 6. The minimum Gasteiger partial charge on any atom is -0.444 e. The normalized spacial score (nSPS) is 20.3. The predicted octanol–water partition coefficient (Wildman–Crippen LogP) is 6.37. The van der Waals surface area contributed by atoms with Crippen LogP contribution in [0.3, 0.4) is 0 Å². The third kappa shape index (κ3) is 6.35. The van der Waals surface area contributed by atoms with E-state index in [9.17, 15) is 22.8 Å². The summed E-state index contributed by atoms with van der Waals surface area (Å²) in [5, 5.41) is 8.08. The van der Waals surface area contributed by atoms with Crippen LogP contribution in [0.5, 0.6) is 0 Å². The number of piperidine rings is 1. The Hall–Kier alpha value is -4.68.